The minimum Gasteiger partial charge on any atom is -0.396 e. The highest BCUT2D eigenvalue weighted by atomic mass is 16.3. The van der Waals surface area contributed by atoms with Crippen LogP contribution >= 0.6 is 0 Å². The van der Waals surface area contributed by atoms with E-state index in [4.69, 9.17) is 5.11 Å². The van der Waals surface area contributed by atoms with Gasteiger partial charge in [-0.15, -0.1) is 0 Å². The molecule has 0 saturated carbocycles. The maximum absolute atomic E-state index is 12.0. The number of unbranched alkanes of at least 4 members (excludes halogenated alkanes) is 1. The number of carbonyl (C=O) groups excluding carboxylic acids is 1. The third kappa shape index (κ3) is 5.85. The highest BCUT2D eigenvalue weighted by molar-refractivity contribution is 5.98. The lowest BCUT2D eigenvalue weighted by Crippen LogP contribution is -2.44. The molecule has 0 rings (SSSR count). The molecule has 0 heterocycles. The first-order valence-electron chi connectivity index (χ1n) is 6.97. The standard InChI is InChI=1S/C15H28O4/c1-5-6-8-11(2)12(17)13(18)14(19)15(3,4)9-7-10-16/h13-14,16,18-19H,2,5-10H2,1,3-4H3/t13?,14-/m1/s1. The summed E-state index contributed by atoms with van der Waals surface area (Å²) >= 11 is 0. The van der Waals surface area contributed by atoms with Crippen LogP contribution in [0.2, 0.25) is 0 Å². The quantitative estimate of drug-likeness (QED) is 0.530. The molecule has 3 N–H and O–H groups in total. The molecule has 0 saturated heterocycles. The molecule has 0 aromatic carbocycles. The second-order valence-electron chi connectivity index (χ2n) is 5.78. The summed E-state index contributed by atoms with van der Waals surface area (Å²) in [6, 6.07) is 0. The van der Waals surface area contributed by atoms with E-state index in [-0.39, 0.29) is 6.61 Å². The van der Waals surface area contributed by atoms with Gasteiger partial charge in [-0.1, -0.05) is 33.8 Å². The number of hydrogen-bond donors (Lipinski definition) is 3. The second kappa shape index (κ2) is 8.46. The Hall–Kier alpha value is -0.710. The number of carbonyl (C=O) groups is 1. The van der Waals surface area contributed by atoms with Gasteiger partial charge in [-0.25, -0.2) is 0 Å². The van der Waals surface area contributed by atoms with Crippen LogP contribution in [-0.2, 0) is 4.79 Å². The van der Waals surface area contributed by atoms with Gasteiger partial charge in [0, 0.05) is 6.61 Å². The van der Waals surface area contributed by atoms with Crippen molar-refractivity contribution in [2.75, 3.05) is 6.61 Å². The van der Waals surface area contributed by atoms with E-state index in [0.717, 1.165) is 12.8 Å². The number of aliphatic hydroxyl groups excluding tert-OH is 3. The summed E-state index contributed by atoms with van der Waals surface area (Å²) in [5.74, 6) is -0.474. The molecule has 0 spiro atoms. The molecule has 2 atom stereocenters. The molecule has 1 unspecified atom stereocenters. The number of Topliss-reactive ketones (excluding diaryl/α,β-unsaturated/α-hetero) is 1. The predicted octanol–water partition coefficient (Wildman–Crippen LogP) is 1.82. The van der Waals surface area contributed by atoms with Crippen LogP contribution in [0.1, 0.15) is 52.9 Å². The van der Waals surface area contributed by atoms with E-state index in [9.17, 15) is 15.0 Å². The summed E-state index contributed by atoms with van der Waals surface area (Å²) in [5.41, 5.74) is -0.255. The highest BCUT2D eigenvalue weighted by Gasteiger charge is 2.36. The Kier molecular flexibility index (Phi) is 8.14. The zero-order valence-corrected chi connectivity index (χ0v) is 12.4. The summed E-state index contributed by atoms with van der Waals surface area (Å²) < 4.78 is 0. The molecule has 0 amide bonds. The molecule has 112 valence electrons. The molecule has 0 aliphatic carbocycles. The van der Waals surface area contributed by atoms with E-state index in [1.807, 2.05) is 6.92 Å². The predicted molar refractivity (Wildman–Crippen MR) is 75.8 cm³/mol. The monoisotopic (exact) mass is 272 g/mol. The molecular weight excluding hydrogens is 244 g/mol. The van der Waals surface area contributed by atoms with Gasteiger partial charge >= 0.3 is 0 Å². The first kappa shape index (κ1) is 18.3. The minimum absolute atomic E-state index is 0.0312. The molecule has 0 aliphatic heterocycles. The molecule has 0 fully saturated rings. The van der Waals surface area contributed by atoms with Gasteiger partial charge in [0.05, 0.1) is 6.10 Å². The van der Waals surface area contributed by atoms with Crippen LogP contribution in [0.5, 0.6) is 0 Å². The van der Waals surface area contributed by atoms with Crippen molar-refractivity contribution in [1.82, 2.24) is 0 Å². The van der Waals surface area contributed by atoms with Gasteiger partial charge < -0.3 is 15.3 Å². The maximum Gasteiger partial charge on any atom is 0.189 e. The van der Waals surface area contributed by atoms with E-state index in [0.29, 0.717) is 24.8 Å². The highest BCUT2D eigenvalue weighted by Crippen LogP contribution is 2.30. The van der Waals surface area contributed by atoms with Crippen molar-refractivity contribution >= 4 is 5.78 Å². The van der Waals surface area contributed by atoms with Gasteiger partial charge in [-0.05, 0) is 36.7 Å². The Morgan fingerprint density at radius 3 is 2.32 bits per heavy atom. The second-order valence-corrected chi connectivity index (χ2v) is 5.78. The van der Waals surface area contributed by atoms with Crippen molar-refractivity contribution in [3.8, 4) is 0 Å². The molecule has 0 aromatic heterocycles. The van der Waals surface area contributed by atoms with Gasteiger partial charge in [-0.3, -0.25) is 4.79 Å². The Morgan fingerprint density at radius 1 is 1.26 bits per heavy atom. The topological polar surface area (TPSA) is 77.8 Å². The van der Waals surface area contributed by atoms with Crippen molar-refractivity contribution in [3.05, 3.63) is 12.2 Å². The molecule has 0 bridgehead atoms. The van der Waals surface area contributed by atoms with E-state index in [1.54, 1.807) is 13.8 Å². The van der Waals surface area contributed by atoms with Gasteiger partial charge in [0.25, 0.3) is 0 Å². The van der Waals surface area contributed by atoms with Gasteiger partial charge in [-0.2, -0.15) is 0 Å². The van der Waals surface area contributed by atoms with Gasteiger partial charge in [0.2, 0.25) is 0 Å². The third-order valence-corrected chi connectivity index (χ3v) is 3.53. The van der Waals surface area contributed by atoms with Crippen LogP contribution < -0.4 is 0 Å². The van der Waals surface area contributed by atoms with Crippen molar-refractivity contribution < 1.29 is 20.1 Å². The normalized spacial score (nSPS) is 15.1. The van der Waals surface area contributed by atoms with Gasteiger partial charge in [0.1, 0.15) is 6.10 Å². The fourth-order valence-corrected chi connectivity index (χ4v) is 1.98. The van der Waals surface area contributed by atoms with Crippen molar-refractivity contribution in [3.63, 3.8) is 0 Å². The smallest absolute Gasteiger partial charge is 0.189 e. The first-order valence-corrected chi connectivity index (χ1v) is 6.97. The fourth-order valence-electron chi connectivity index (χ4n) is 1.98. The Labute approximate surface area is 116 Å². The van der Waals surface area contributed by atoms with Crippen molar-refractivity contribution in [2.45, 2.75) is 65.1 Å². The molecule has 4 nitrogen and oxygen atoms in total. The Bertz CT molecular complexity index is 297. The van der Waals surface area contributed by atoms with Crippen LogP contribution in [0.4, 0.5) is 0 Å². The summed E-state index contributed by atoms with van der Waals surface area (Å²) in [4.78, 5) is 12.0. The molecule has 4 heteroatoms. The van der Waals surface area contributed by atoms with E-state index < -0.39 is 23.4 Å². The lowest BCUT2D eigenvalue weighted by atomic mass is 9.78. The zero-order valence-electron chi connectivity index (χ0n) is 12.4. The van der Waals surface area contributed by atoms with Crippen LogP contribution in [0.3, 0.4) is 0 Å². The first-order chi connectivity index (χ1) is 8.77. The summed E-state index contributed by atoms with van der Waals surface area (Å²) in [6.45, 7) is 9.28. The minimum atomic E-state index is -1.43. The molecular formula is C15H28O4. The summed E-state index contributed by atoms with van der Waals surface area (Å²) in [7, 11) is 0. The zero-order chi connectivity index (χ0) is 15.1. The number of ketones is 1. The summed E-state index contributed by atoms with van der Waals surface area (Å²) in [5, 5.41) is 28.9. The molecule has 0 aromatic rings. The molecule has 19 heavy (non-hydrogen) atoms. The number of hydrogen-bond acceptors (Lipinski definition) is 4. The lowest BCUT2D eigenvalue weighted by molar-refractivity contribution is -0.135. The average Bonchev–Trinajstić information content (AvgIpc) is 2.39. The lowest BCUT2D eigenvalue weighted by Gasteiger charge is -2.33. The van der Waals surface area contributed by atoms with Crippen LogP contribution in [0.25, 0.3) is 0 Å². The Balaban J connectivity index is 4.57. The van der Waals surface area contributed by atoms with E-state index in [1.165, 1.54) is 0 Å². The molecule has 0 aliphatic rings. The SMILES string of the molecule is C=C(CCCC)C(=O)C(O)[C@@H](O)C(C)(C)CCCO. The van der Waals surface area contributed by atoms with Crippen LogP contribution in [-0.4, -0.2) is 39.9 Å². The van der Waals surface area contributed by atoms with Gasteiger partial charge in [0.15, 0.2) is 5.78 Å². The van der Waals surface area contributed by atoms with Crippen LogP contribution in [0.15, 0.2) is 12.2 Å². The third-order valence-electron chi connectivity index (χ3n) is 3.53. The Morgan fingerprint density at radius 2 is 1.84 bits per heavy atom. The largest absolute Gasteiger partial charge is 0.396 e. The number of rotatable bonds is 10. The maximum atomic E-state index is 12.0. The molecule has 0 radical (unpaired) electrons. The van der Waals surface area contributed by atoms with Crippen LogP contribution in [0, 0.1) is 5.41 Å². The van der Waals surface area contributed by atoms with E-state index in [2.05, 4.69) is 6.58 Å². The van der Waals surface area contributed by atoms with Crippen molar-refractivity contribution in [1.29, 1.82) is 0 Å². The van der Waals surface area contributed by atoms with Crippen molar-refractivity contribution in [2.24, 2.45) is 5.41 Å². The number of aliphatic hydroxyl groups is 3. The van der Waals surface area contributed by atoms with E-state index >= 15 is 0 Å². The average molecular weight is 272 g/mol. The fraction of sp³-hybridized carbons (Fsp3) is 0.800. The summed E-state index contributed by atoms with van der Waals surface area (Å²) in [6.07, 6.45) is 0.839.